The number of rotatable bonds is 6. The summed E-state index contributed by atoms with van der Waals surface area (Å²) in [6.45, 7) is 0.726. The van der Waals surface area contributed by atoms with Gasteiger partial charge in [0.05, 0.1) is 26.7 Å². The molecule has 1 atom stereocenters. The van der Waals surface area contributed by atoms with Gasteiger partial charge in [0.1, 0.15) is 17.2 Å². The first kappa shape index (κ1) is 21.0. The molecule has 1 aromatic heterocycles. The van der Waals surface area contributed by atoms with Crippen LogP contribution in [0.3, 0.4) is 0 Å². The van der Waals surface area contributed by atoms with Gasteiger partial charge in [-0.1, -0.05) is 36.2 Å². The monoisotopic (exact) mass is 420 g/mol. The van der Waals surface area contributed by atoms with E-state index >= 15 is 0 Å². The molecular formula is C25H28N2O4. The van der Waals surface area contributed by atoms with Gasteiger partial charge in [-0.25, -0.2) is 0 Å². The van der Waals surface area contributed by atoms with Gasteiger partial charge in [-0.3, -0.25) is 4.79 Å². The molecule has 2 aromatic carbocycles. The normalized spacial score (nSPS) is 16.6. The van der Waals surface area contributed by atoms with E-state index in [1.807, 2.05) is 59.5 Å². The third kappa shape index (κ3) is 4.74. The van der Waals surface area contributed by atoms with E-state index in [-0.39, 0.29) is 11.9 Å². The van der Waals surface area contributed by atoms with Crippen molar-refractivity contribution in [2.45, 2.75) is 38.1 Å². The number of nitrogens with zero attached hydrogens (tertiary/aromatic N) is 2. The molecule has 0 N–H and O–H groups in total. The summed E-state index contributed by atoms with van der Waals surface area (Å²) in [5, 5.41) is 4.35. The summed E-state index contributed by atoms with van der Waals surface area (Å²) >= 11 is 0. The van der Waals surface area contributed by atoms with Crippen LogP contribution in [0.1, 0.15) is 43.0 Å². The van der Waals surface area contributed by atoms with Gasteiger partial charge in [-0.2, -0.15) is 0 Å². The van der Waals surface area contributed by atoms with Crippen LogP contribution < -0.4 is 9.47 Å². The Hall–Kier alpha value is -3.28. The first-order valence-corrected chi connectivity index (χ1v) is 10.7. The van der Waals surface area contributed by atoms with Crippen molar-refractivity contribution in [2.24, 2.45) is 0 Å². The smallest absolute Gasteiger partial charge is 0.227 e. The summed E-state index contributed by atoms with van der Waals surface area (Å²) in [6, 6.07) is 17.2. The second-order valence-corrected chi connectivity index (χ2v) is 7.79. The molecule has 6 heteroatoms. The number of hydrogen-bond acceptors (Lipinski definition) is 5. The van der Waals surface area contributed by atoms with Crippen LogP contribution in [-0.4, -0.2) is 36.7 Å². The largest absolute Gasteiger partial charge is 0.497 e. The van der Waals surface area contributed by atoms with Crippen molar-refractivity contribution in [2.75, 3.05) is 20.8 Å². The van der Waals surface area contributed by atoms with Crippen LogP contribution in [0.2, 0.25) is 0 Å². The van der Waals surface area contributed by atoms with Crippen molar-refractivity contribution in [3.63, 3.8) is 0 Å². The van der Waals surface area contributed by atoms with Gasteiger partial charge in [0.2, 0.25) is 5.91 Å². The zero-order valence-electron chi connectivity index (χ0n) is 18.0. The molecule has 6 nitrogen and oxygen atoms in total. The molecule has 1 fully saturated rings. The zero-order valence-corrected chi connectivity index (χ0v) is 18.0. The molecular weight excluding hydrogens is 392 g/mol. The average Bonchev–Trinajstić information content (AvgIpc) is 3.17. The van der Waals surface area contributed by atoms with Crippen LogP contribution >= 0.6 is 0 Å². The summed E-state index contributed by atoms with van der Waals surface area (Å²) in [5.41, 5.74) is 2.64. The molecule has 0 radical (unpaired) electrons. The van der Waals surface area contributed by atoms with E-state index in [0.717, 1.165) is 60.5 Å². The number of hydrogen-bond donors (Lipinski definition) is 0. The highest BCUT2D eigenvalue weighted by Gasteiger charge is 2.29. The minimum atomic E-state index is -0.0829. The van der Waals surface area contributed by atoms with Crippen molar-refractivity contribution in [3.05, 3.63) is 65.9 Å². The molecule has 1 aliphatic heterocycles. The van der Waals surface area contributed by atoms with E-state index in [9.17, 15) is 4.79 Å². The van der Waals surface area contributed by atoms with Crippen LogP contribution in [0, 0.1) is 0 Å². The third-order valence-electron chi connectivity index (χ3n) is 5.85. The highest BCUT2D eigenvalue weighted by atomic mass is 16.5. The number of carbonyl (C=O) groups excluding carboxylic acids is 1. The average molecular weight is 421 g/mol. The number of carbonyl (C=O) groups is 1. The molecule has 0 aliphatic carbocycles. The summed E-state index contributed by atoms with van der Waals surface area (Å²) in [4.78, 5) is 15.3. The molecule has 2 heterocycles. The van der Waals surface area contributed by atoms with Crippen molar-refractivity contribution in [1.82, 2.24) is 10.1 Å². The van der Waals surface area contributed by atoms with Crippen LogP contribution in [-0.2, 0) is 11.2 Å². The Morgan fingerprint density at radius 2 is 1.87 bits per heavy atom. The highest BCUT2D eigenvalue weighted by Crippen LogP contribution is 2.33. The molecule has 1 amide bonds. The van der Waals surface area contributed by atoms with Crippen LogP contribution in [0.15, 0.2) is 59.1 Å². The number of para-hydroxylation sites is 1. The topological polar surface area (TPSA) is 64.8 Å². The molecule has 1 aliphatic rings. The number of ether oxygens (including phenoxy) is 2. The molecule has 162 valence electrons. The molecule has 4 rings (SSSR count). The molecule has 0 bridgehead atoms. The minimum Gasteiger partial charge on any atom is -0.497 e. The highest BCUT2D eigenvalue weighted by molar-refractivity contribution is 5.80. The first-order valence-electron chi connectivity index (χ1n) is 10.7. The number of aromatic nitrogens is 1. The van der Waals surface area contributed by atoms with E-state index in [0.29, 0.717) is 12.2 Å². The maximum Gasteiger partial charge on any atom is 0.227 e. The number of benzene rings is 2. The minimum absolute atomic E-state index is 0.0829. The lowest BCUT2D eigenvalue weighted by molar-refractivity contribution is -0.133. The number of methoxy groups -OCH3 is 2. The molecule has 3 aromatic rings. The summed E-state index contributed by atoms with van der Waals surface area (Å²) < 4.78 is 16.3. The fraction of sp³-hybridized carbons (Fsp3) is 0.360. The Morgan fingerprint density at radius 3 is 2.65 bits per heavy atom. The van der Waals surface area contributed by atoms with Gasteiger partial charge < -0.3 is 18.9 Å². The lowest BCUT2D eigenvalue weighted by Gasteiger charge is -2.29. The molecule has 31 heavy (non-hydrogen) atoms. The maximum atomic E-state index is 13.3. The van der Waals surface area contributed by atoms with Crippen molar-refractivity contribution in [1.29, 1.82) is 0 Å². The fourth-order valence-corrected chi connectivity index (χ4v) is 4.17. The Balaban J connectivity index is 1.56. The van der Waals surface area contributed by atoms with Gasteiger partial charge in [0.15, 0.2) is 5.76 Å². The lowest BCUT2D eigenvalue weighted by Crippen LogP contribution is -2.36. The maximum absolute atomic E-state index is 13.3. The van der Waals surface area contributed by atoms with Gasteiger partial charge in [-0.15, -0.1) is 0 Å². The van der Waals surface area contributed by atoms with E-state index in [1.165, 1.54) is 0 Å². The second kappa shape index (κ2) is 9.69. The predicted molar refractivity (Wildman–Crippen MR) is 118 cm³/mol. The quantitative estimate of drug-likeness (QED) is 0.559. The molecule has 1 saturated heterocycles. The summed E-state index contributed by atoms with van der Waals surface area (Å²) in [6.07, 6.45) is 4.36. The van der Waals surface area contributed by atoms with Crippen molar-refractivity contribution >= 4 is 5.91 Å². The Morgan fingerprint density at radius 1 is 1.06 bits per heavy atom. The van der Waals surface area contributed by atoms with E-state index < -0.39 is 0 Å². The van der Waals surface area contributed by atoms with Gasteiger partial charge in [0, 0.05) is 23.7 Å². The predicted octanol–water partition coefficient (Wildman–Crippen LogP) is 5.05. The summed E-state index contributed by atoms with van der Waals surface area (Å²) in [5.74, 6) is 2.32. The van der Waals surface area contributed by atoms with E-state index in [4.69, 9.17) is 14.0 Å². The first-order chi connectivity index (χ1) is 15.2. The number of likely N-dealkylation sites (tertiary alicyclic amines) is 1. The van der Waals surface area contributed by atoms with Gasteiger partial charge >= 0.3 is 0 Å². The SMILES string of the molecule is COc1ccc(-c2cc(C3CCCCCN3C(=O)Cc3ccccc3OC)no2)cc1. The standard InChI is InChI=1S/C25H28N2O4/c1-29-20-13-11-18(12-14-20)24-17-21(26-31-24)22-9-4-3-7-15-27(22)25(28)16-19-8-5-6-10-23(19)30-2/h5-6,8,10-14,17,22H,3-4,7,9,15-16H2,1-2H3. The van der Waals surface area contributed by atoms with E-state index in [2.05, 4.69) is 5.16 Å². The lowest BCUT2D eigenvalue weighted by atomic mass is 10.0. The zero-order chi connectivity index (χ0) is 21.6. The number of amides is 1. The van der Waals surface area contributed by atoms with Crippen LogP contribution in [0.25, 0.3) is 11.3 Å². The van der Waals surface area contributed by atoms with Crippen molar-refractivity contribution in [3.8, 4) is 22.8 Å². The Kier molecular flexibility index (Phi) is 6.55. The van der Waals surface area contributed by atoms with E-state index in [1.54, 1.807) is 14.2 Å². The fourth-order valence-electron chi connectivity index (χ4n) is 4.17. The third-order valence-corrected chi connectivity index (χ3v) is 5.85. The molecule has 0 spiro atoms. The molecule has 0 saturated carbocycles. The second-order valence-electron chi connectivity index (χ2n) is 7.79. The van der Waals surface area contributed by atoms with Crippen LogP contribution in [0.4, 0.5) is 0 Å². The van der Waals surface area contributed by atoms with Crippen LogP contribution in [0.5, 0.6) is 11.5 Å². The van der Waals surface area contributed by atoms with Gasteiger partial charge in [0.25, 0.3) is 0 Å². The molecule has 1 unspecified atom stereocenters. The van der Waals surface area contributed by atoms with Gasteiger partial charge in [-0.05, 0) is 43.2 Å². The Labute approximate surface area is 182 Å². The summed E-state index contributed by atoms with van der Waals surface area (Å²) in [7, 11) is 3.28. The Bertz CT molecular complexity index is 1010. The van der Waals surface area contributed by atoms with Crippen molar-refractivity contribution < 1.29 is 18.8 Å².